The molecule has 0 amide bonds. The molecule has 3 rings (SSSR count). The molecule has 0 aliphatic carbocycles. The minimum absolute atomic E-state index is 0.456. The van der Waals surface area contributed by atoms with Gasteiger partial charge >= 0.3 is 0 Å². The monoisotopic (exact) mass is 252 g/mol. The molecule has 1 atom stereocenters. The van der Waals surface area contributed by atoms with Crippen molar-refractivity contribution in [3.05, 3.63) is 70.3 Å². The molecule has 1 saturated heterocycles. The average Bonchev–Trinajstić information content (AvgIpc) is 3.20. The van der Waals surface area contributed by atoms with Crippen molar-refractivity contribution >= 4 is 0 Å². The quantitative estimate of drug-likeness (QED) is 0.753. The van der Waals surface area contributed by atoms with Crippen LogP contribution < -0.4 is 0 Å². The van der Waals surface area contributed by atoms with Crippen molar-refractivity contribution in [2.75, 3.05) is 6.61 Å². The van der Waals surface area contributed by atoms with Crippen LogP contribution in [0.2, 0.25) is 0 Å². The zero-order chi connectivity index (χ0) is 13.2. The predicted molar refractivity (Wildman–Crippen MR) is 78.6 cm³/mol. The molecule has 0 saturated carbocycles. The number of aryl methyl sites for hydroxylation is 2. The fraction of sp³-hybridized carbons (Fsp3) is 0.333. The fourth-order valence-electron chi connectivity index (χ4n) is 2.64. The molecule has 1 heterocycles. The molecule has 0 N–H and O–H groups in total. The molecule has 0 bridgehead atoms. The van der Waals surface area contributed by atoms with Crippen LogP contribution in [0.3, 0.4) is 0 Å². The number of rotatable bonds is 4. The number of hydrogen-bond acceptors (Lipinski definition) is 1. The minimum atomic E-state index is 0.456. The average molecular weight is 252 g/mol. The van der Waals surface area contributed by atoms with Crippen molar-refractivity contribution in [2.24, 2.45) is 0 Å². The van der Waals surface area contributed by atoms with Crippen LogP contribution in [0, 0.1) is 13.8 Å². The number of benzene rings is 2. The van der Waals surface area contributed by atoms with E-state index in [1.54, 1.807) is 0 Å². The van der Waals surface area contributed by atoms with Crippen molar-refractivity contribution in [3.8, 4) is 0 Å². The molecule has 0 radical (unpaired) electrons. The minimum Gasteiger partial charge on any atom is -0.373 e. The largest absolute Gasteiger partial charge is 0.373 e. The van der Waals surface area contributed by atoms with Crippen LogP contribution in [0.15, 0.2) is 42.5 Å². The van der Waals surface area contributed by atoms with Crippen molar-refractivity contribution in [3.63, 3.8) is 0 Å². The molecule has 1 fully saturated rings. The molecule has 98 valence electrons. The third kappa shape index (κ3) is 2.87. The normalized spacial score (nSPS) is 17.5. The summed E-state index contributed by atoms with van der Waals surface area (Å²) < 4.78 is 5.38. The Morgan fingerprint density at radius 1 is 0.947 bits per heavy atom. The standard InChI is InChI=1S/C18H20O/c1-13-6-3-4-8-15(13)11-18-14(2)7-5-9-16(18)10-17-12-19-17/h3-9,17H,10-12H2,1-2H3. The van der Waals surface area contributed by atoms with E-state index in [4.69, 9.17) is 4.74 Å². The van der Waals surface area contributed by atoms with E-state index < -0.39 is 0 Å². The van der Waals surface area contributed by atoms with E-state index in [1.165, 1.54) is 27.8 Å². The second-order valence-corrected chi connectivity index (χ2v) is 5.48. The zero-order valence-corrected chi connectivity index (χ0v) is 11.6. The van der Waals surface area contributed by atoms with Gasteiger partial charge in [-0.1, -0.05) is 42.5 Å². The molecule has 1 unspecified atom stereocenters. The summed E-state index contributed by atoms with van der Waals surface area (Å²) in [7, 11) is 0. The lowest BCUT2D eigenvalue weighted by Gasteiger charge is -2.13. The first-order valence-corrected chi connectivity index (χ1v) is 6.97. The van der Waals surface area contributed by atoms with Gasteiger partial charge in [0.25, 0.3) is 0 Å². The first-order chi connectivity index (χ1) is 9.24. The number of ether oxygens (including phenoxy) is 1. The van der Waals surface area contributed by atoms with Crippen LogP contribution in [0.5, 0.6) is 0 Å². The van der Waals surface area contributed by atoms with Gasteiger partial charge in [-0.25, -0.2) is 0 Å². The lowest BCUT2D eigenvalue weighted by atomic mass is 9.92. The van der Waals surface area contributed by atoms with Gasteiger partial charge in [0, 0.05) is 6.42 Å². The van der Waals surface area contributed by atoms with E-state index in [2.05, 4.69) is 56.3 Å². The van der Waals surface area contributed by atoms with Crippen molar-refractivity contribution < 1.29 is 4.74 Å². The highest BCUT2D eigenvalue weighted by Gasteiger charge is 2.24. The van der Waals surface area contributed by atoms with Gasteiger partial charge in [-0.15, -0.1) is 0 Å². The Kier molecular flexibility index (Phi) is 3.39. The molecule has 1 aliphatic heterocycles. The maximum Gasteiger partial charge on any atom is 0.0850 e. The predicted octanol–water partition coefficient (Wildman–Crippen LogP) is 3.84. The smallest absolute Gasteiger partial charge is 0.0850 e. The molecule has 1 heteroatoms. The maximum atomic E-state index is 5.38. The maximum absolute atomic E-state index is 5.38. The number of epoxide rings is 1. The lowest BCUT2D eigenvalue weighted by molar-refractivity contribution is 0.407. The summed E-state index contributed by atoms with van der Waals surface area (Å²) >= 11 is 0. The highest BCUT2D eigenvalue weighted by molar-refractivity contribution is 5.41. The second-order valence-electron chi connectivity index (χ2n) is 5.48. The lowest BCUT2D eigenvalue weighted by Crippen LogP contribution is -2.03. The SMILES string of the molecule is Cc1ccccc1Cc1c(C)cccc1CC1CO1. The van der Waals surface area contributed by atoms with Crippen molar-refractivity contribution in [1.29, 1.82) is 0 Å². The molecule has 2 aromatic rings. The molecule has 1 nitrogen and oxygen atoms in total. The van der Waals surface area contributed by atoms with Gasteiger partial charge in [0.2, 0.25) is 0 Å². The Balaban J connectivity index is 1.92. The number of hydrogen-bond donors (Lipinski definition) is 0. The first-order valence-electron chi connectivity index (χ1n) is 6.97. The van der Waals surface area contributed by atoms with Crippen LogP contribution in [-0.2, 0) is 17.6 Å². The highest BCUT2D eigenvalue weighted by atomic mass is 16.6. The molecular formula is C18H20O. The summed E-state index contributed by atoms with van der Waals surface area (Å²) in [4.78, 5) is 0. The van der Waals surface area contributed by atoms with Gasteiger partial charge in [-0.05, 0) is 48.1 Å². The third-order valence-corrected chi connectivity index (χ3v) is 3.99. The first kappa shape index (κ1) is 12.4. The summed E-state index contributed by atoms with van der Waals surface area (Å²) in [6.07, 6.45) is 2.54. The van der Waals surface area contributed by atoms with Gasteiger partial charge in [0.1, 0.15) is 0 Å². The van der Waals surface area contributed by atoms with Crippen molar-refractivity contribution in [2.45, 2.75) is 32.8 Å². The summed E-state index contributed by atoms with van der Waals surface area (Å²) in [6, 6.07) is 15.3. The fourth-order valence-corrected chi connectivity index (χ4v) is 2.64. The summed E-state index contributed by atoms with van der Waals surface area (Å²) in [6.45, 7) is 5.33. The zero-order valence-electron chi connectivity index (χ0n) is 11.6. The van der Waals surface area contributed by atoms with Crippen LogP contribution >= 0.6 is 0 Å². The van der Waals surface area contributed by atoms with Crippen LogP contribution in [0.25, 0.3) is 0 Å². The third-order valence-electron chi connectivity index (χ3n) is 3.99. The topological polar surface area (TPSA) is 12.5 Å². The van der Waals surface area contributed by atoms with E-state index >= 15 is 0 Å². The van der Waals surface area contributed by atoms with Gasteiger partial charge in [-0.2, -0.15) is 0 Å². The van der Waals surface area contributed by atoms with E-state index in [1.807, 2.05) is 0 Å². The molecule has 19 heavy (non-hydrogen) atoms. The van der Waals surface area contributed by atoms with Gasteiger partial charge in [0.15, 0.2) is 0 Å². The Morgan fingerprint density at radius 2 is 1.63 bits per heavy atom. The van der Waals surface area contributed by atoms with Gasteiger partial charge < -0.3 is 4.74 Å². The summed E-state index contributed by atoms with van der Waals surface area (Å²) in [5.74, 6) is 0. The summed E-state index contributed by atoms with van der Waals surface area (Å²) in [5, 5.41) is 0. The second kappa shape index (κ2) is 5.18. The van der Waals surface area contributed by atoms with E-state index in [0.717, 1.165) is 19.4 Å². The summed E-state index contributed by atoms with van der Waals surface area (Å²) in [5.41, 5.74) is 7.12. The van der Waals surface area contributed by atoms with E-state index in [0.29, 0.717) is 6.10 Å². The Hall–Kier alpha value is -1.60. The highest BCUT2D eigenvalue weighted by Crippen LogP contribution is 2.24. The Bertz CT molecular complexity index is 582. The molecule has 1 aliphatic rings. The van der Waals surface area contributed by atoms with Gasteiger partial charge in [0.05, 0.1) is 12.7 Å². The van der Waals surface area contributed by atoms with Gasteiger partial charge in [-0.3, -0.25) is 0 Å². The van der Waals surface area contributed by atoms with E-state index in [9.17, 15) is 0 Å². The Morgan fingerprint density at radius 3 is 2.37 bits per heavy atom. The molecule has 0 spiro atoms. The van der Waals surface area contributed by atoms with E-state index in [-0.39, 0.29) is 0 Å². The van der Waals surface area contributed by atoms with Crippen molar-refractivity contribution in [1.82, 2.24) is 0 Å². The van der Waals surface area contributed by atoms with Crippen LogP contribution in [0.4, 0.5) is 0 Å². The Labute approximate surface area is 115 Å². The molecular weight excluding hydrogens is 232 g/mol. The van der Waals surface area contributed by atoms with Crippen LogP contribution in [-0.4, -0.2) is 12.7 Å². The molecule has 0 aromatic heterocycles. The molecule has 2 aromatic carbocycles. The van der Waals surface area contributed by atoms with Crippen LogP contribution in [0.1, 0.15) is 27.8 Å².